The Kier molecular flexibility index (Phi) is 6.73. The molecule has 0 spiro atoms. The number of rotatable bonds is 4. The van der Waals surface area contributed by atoms with Gasteiger partial charge in [0.05, 0.1) is 10.6 Å². The lowest BCUT2D eigenvalue weighted by Gasteiger charge is -2.26. The number of hydrogen-bond donors (Lipinski definition) is 1. The van der Waals surface area contributed by atoms with Gasteiger partial charge in [-0.05, 0) is 48.7 Å². The number of benzene rings is 1. The summed E-state index contributed by atoms with van der Waals surface area (Å²) in [6.07, 6.45) is -2.13. The molecule has 5 rings (SSSR count). The molecule has 2 aliphatic rings. The number of halogens is 3. The van der Waals surface area contributed by atoms with Crippen molar-refractivity contribution in [2.45, 2.75) is 37.4 Å². The van der Waals surface area contributed by atoms with E-state index in [1.165, 1.54) is 22.9 Å². The number of anilines is 2. The fraction of sp³-hybridized carbons (Fsp3) is 0.400. The van der Waals surface area contributed by atoms with Crippen molar-refractivity contribution in [3.8, 4) is 10.6 Å². The monoisotopic (exact) mass is 533 g/mol. The predicted molar refractivity (Wildman–Crippen MR) is 137 cm³/mol. The van der Waals surface area contributed by atoms with Crippen molar-refractivity contribution in [1.82, 2.24) is 19.8 Å². The summed E-state index contributed by atoms with van der Waals surface area (Å²) in [7, 11) is 3.79. The molecule has 190 valence electrons. The summed E-state index contributed by atoms with van der Waals surface area (Å²) >= 11 is 2.53. The van der Waals surface area contributed by atoms with Crippen molar-refractivity contribution in [2.75, 3.05) is 38.3 Å². The van der Waals surface area contributed by atoms with Crippen LogP contribution in [-0.4, -0.2) is 58.6 Å². The van der Waals surface area contributed by atoms with Crippen molar-refractivity contribution >= 4 is 40.6 Å². The minimum Gasteiger partial charge on any atom is -0.340 e. The highest BCUT2D eigenvalue weighted by Gasteiger charge is 2.37. The van der Waals surface area contributed by atoms with Crippen LogP contribution in [0.1, 0.15) is 38.8 Å². The number of aryl methyl sites for hydroxylation is 1. The second-order valence-electron chi connectivity index (χ2n) is 9.08. The van der Waals surface area contributed by atoms with Crippen molar-refractivity contribution in [3.63, 3.8) is 0 Å². The molecular formula is C25H26F3N5OS2. The van der Waals surface area contributed by atoms with Crippen LogP contribution in [0.15, 0.2) is 29.3 Å². The zero-order valence-corrected chi connectivity index (χ0v) is 21.8. The Morgan fingerprint density at radius 3 is 2.69 bits per heavy atom. The van der Waals surface area contributed by atoms with Crippen LogP contribution in [0.4, 0.5) is 24.8 Å². The Morgan fingerprint density at radius 1 is 1.14 bits per heavy atom. The molecule has 36 heavy (non-hydrogen) atoms. The molecule has 0 bridgehead atoms. The number of carbonyl (C=O) groups is 1. The smallest absolute Gasteiger partial charge is 0.340 e. The highest BCUT2D eigenvalue weighted by molar-refractivity contribution is 7.99. The molecule has 0 saturated heterocycles. The molecule has 0 aliphatic carbocycles. The summed E-state index contributed by atoms with van der Waals surface area (Å²) in [4.78, 5) is 26.4. The van der Waals surface area contributed by atoms with Gasteiger partial charge in [-0.3, -0.25) is 4.79 Å². The Labute approximate surface area is 215 Å². The third-order valence-electron chi connectivity index (χ3n) is 6.51. The molecule has 4 heterocycles. The zero-order chi connectivity index (χ0) is 25.6. The average molecular weight is 534 g/mol. The highest BCUT2D eigenvalue weighted by atomic mass is 32.2. The molecule has 0 unspecified atom stereocenters. The second kappa shape index (κ2) is 9.68. The summed E-state index contributed by atoms with van der Waals surface area (Å²) in [6.45, 7) is 4.46. The number of hydrogen-bond acceptors (Lipinski definition) is 7. The largest absolute Gasteiger partial charge is 0.420 e. The van der Waals surface area contributed by atoms with E-state index in [2.05, 4.69) is 39.4 Å². The number of carbonyl (C=O) groups excluding carboxylic acids is 1. The third kappa shape index (κ3) is 4.83. The zero-order valence-electron chi connectivity index (χ0n) is 20.2. The molecule has 3 aromatic rings. The van der Waals surface area contributed by atoms with Crippen LogP contribution in [0.25, 0.3) is 10.6 Å². The van der Waals surface area contributed by atoms with E-state index >= 15 is 0 Å². The molecule has 2 aromatic heterocycles. The number of thioether (sulfide) groups is 1. The van der Waals surface area contributed by atoms with Gasteiger partial charge in [0.15, 0.2) is 0 Å². The van der Waals surface area contributed by atoms with Crippen LogP contribution < -0.4 is 5.32 Å². The predicted octanol–water partition coefficient (Wildman–Crippen LogP) is 5.70. The molecular weight excluding hydrogens is 507 g/mol. The van der Waals surface area contributed by atoms with E-state index in [1.807, 2.05) is 6.92 Å². The van der Waals surface area contributed by atoms with E-state index in [0.717, 1.165) is 54.7 Å². The molecule has 0 saturated carbocycles. The number of nitrogens with one attached hydrogen (secondary N) is 1. The Morgan fingerprint density at radius 2 is 1.94 bits per heavy atom. The number of amides is 1. The summed E-state index contributed by atoms with van der Waals surface area (Å²) in [5, 5.41) is 3.18. The van der Waals surface area contributed by atoms with Crippen molar-refractivity contribution in [2.24, 2.45) is 0 Å². The quantitative estimate of drug-likeness (QED) is 0.465. The topological polar surface area (TPSA) is 61.4 Å². The molecule has 1 N–H and O–H groups in total. The number of likely N-dealkylation sites (N-methyl/N-ethyl adjacent to an activating group) is 1. The van der Waals surface area contributed by atoms with Gasteiger partial charge in [0, 0.05) is 49.2 Å². The van der Waals surface area contributed by atoms with Gasteiger partial charge < -0.3 is 15.1 Å². The highest BCUT2D eigenvalue weighted by Crippen LogP contribution is 2.43. The average Bonchev–Trinajstić information content (AvgIpc) is 3.21. The van der Waals surface area contributed by atoms with Crippen LogP contribution in [0.3, 0.4) is 0 Å². The van der Waals surface area contributed by atoms with E-state index in [1.54, 1.807) is 18.0 Å². The Balaban J connectivity index is 1.55. The van der Waals surface area contributed by atoms with E-state index in [0.29, 0.717) is 26.9 Å². The van der Waals surface area contributed by atoms with Crippen LogP contribution in [0.5, 0.6) is 0 Å². The maximum atomic E-state index is 13.9. The Bertz CT molecular complexity index is 1320. The standard InChI is InChI=1S/C25H26F3N5OS2/c1-4-14-9-16-13-32(2)6-5-15(16)10-18(14)30-24-29-12-17(25(26,27)28)21(31-24)19-11-20-22(36-19)23(34)33(3)7-8-35-20/h9-12H,4-8,13H2,1-3H3,(H,29,30,31). The van der Waals surface area contributed by atoms with Gasteiger partial charge in [-0.2, -0.15) is 13.2 Å². The lowest BCUT2D eigenvalue weighted by Crippen LogP contribution is -2.26. The first kappa shape index (κ1) is 25.0. The maximum Gasteiger partial charge on any atom is 0.420 e. The molecule has 1 amide bonds. The summed E-state index contributed by atoms with van der Waals surface area (Å²) < 4.78 is 41.8. The van der Waals surface area contributed by atoms with Crippen LogP contribution in [0, 0.1) is 0 Å². The van der Waals surface area contributed by atoms with Gasteiger partial charge in [0.2, 0.25) is 5.95 Å². The van der Waals surface area contributed by atoms with Gasteiger partial charge in [0.25, 0.3) is 5.91 Å². The van der Waals surface area contributed by atoms with Crippen molar-refractivity contribution in [1.29, 1.82) is 0 Å². The van der Waals surface area contributed by atoms with Crippen LogP contribution in [0.2, 0.25) is 0 Å². The van der Waals surface area contributed by atoms with Crippen molar-refractivity contribution < 1.29 is 18.0 Å². The fourth-order valence-corrected chi connectivity index (χ4v) is 6.92. The molecule has 2 aliphatic heterocycles. The lowest BCUT2D eigenvalue weighted by atomic mass is 9.95. The number of nitrogens with zero attached hydrogens (tertiary/aromatic N) is 4. The molecule has 1 aromatic carbocycles. The van der Waals surface area contributed by atoms with Gasteiger partial charge in [-0.15, -0.1) is 23.1 Å². The summed E-state index contributed by atoms with van der Waals surface area (Å²) in [5.74, 6) is 0.599. The van der Waals surface area contributed by atoms with Crippen LogP contribution >= 0.6 is 23.1 Å². The first-order chi connectivity index (χ1) is 17.1. The van der Waals surface area contributed by atoms with Crippen molar-refractivity contribution in [3.05, 3.63) is 51.5 Å². The molecule has 6 nitrogen and oxygen atoms in total. The normalized spacial score (nSPS) is 16.5. The molecule has 0 fully saturated rings. The SMILES string of the molecule is CCc1cc2c(cc1Nc1ncc(C(F)(F)F)c(-c3cc4c(s3)C(=O)N(C)CCS4)n1)CCN(C)C2. The fourth-order valence-electron chi connectivity index (χ4n) is 4.48. The molecule has 11 heteroatoms. The van der Waals surface area contributed by atoms with E-state index in [4.69, 9.17) is 0 Å². The van der Waals surface area contributed by atoms with Gasteiger partial charge in [-0.1, -0.05) is 13.0 Å². The minimum atomic E-state index is -4.63. The van der Waals surface area contributed by atoms with E-state index in [9.17, 15) is 18.0 Å². The first-order valence-electron chi connectivity index (χ1n) is 11.7. The second-order valence-corrected chi connectivity index (χ2v) is 11.3. The number of thiophene rings is 1. The lowest BCUT2D eigenvalue weighted by molar-refractivity contribution is -0.137. The van der Waals surface area contributed by atoms with E-state index in [-0.39, 0.29) is 17.5 Å². The number of alkyl halides is 3. The van der Waals surface area contributed by atoms with Gasteiger partial charge >= 0.3 is 6.18 Å². The number of fused-ring (bicyclic) bond motifs is 2. The Hall–Kier alpha value is -2.63. The van der Waals surface area contributed by atoms with Crippen LogP contribution in [-0.2, 0) is 25.6 Å². The molecule has 0 radical (unpaired) electrons. The maximum absolute atomic E-state index is 13.9. The third-order valence-corrected chi connectivity index (χ3v) is 8.79. The van der Waals surface area contributed by atoms with Gasteiger partial charge in [-0.25, -0.2) is 9.97 Å². The summed E-state index contributed by atoms with van der Waals surface area (Å²) in [6, 6.07) is 5.88. The van der Waals surface area contributed by atoms with E-state index < -0.39 is 11.7 Å². The molecule has 0 atom stereocenters. The summed E-state index contributed by atoms with van der Waals surface area (Å²) in [5.41, 5.74) is 3.23. The number of aromatic nitrogens is 2. The van der Waals surface area contributed by atoms with Gasteiger partial charge in [0.1, 0.15) is 10.4 Å². The first-order valence-corrected chi connectivity index (χ1v) is 13.5. The minimum absolute atomic E-state index is 0.0975.